The van der Waals surface area contributed by atoms with Gasteiger partial charge in [0, 0.05) is 0 Å². The molecule has 0 aliphatic rings. The summed E-state index contributed by atoms with van der Waals surface area (Å²) >= 11 is 0. The third kappa shape index (κ3) is 25.3. The second-order valence-electron chi connectivity index (χ2n) is 27.6. The molecule has 0 aliphatic carbocycles. The SMILES string of the molecule is CC(C)(C)CCC(CCc1ccccc1)CCC(CCc1ccccc1)CCC(CCc1ccccc1)C(CCc1ccccc1)C(CCCC(CCc1ccccc1)C(CCc1ccccc1)CC(C)(C)C)CCc1ccccc1. The molecular formula is C81H108. The van der Waals surface area contributed by atoms with Crippen LogP contribution in [0.3, 0.4) is 0 Å². The maximum Gasteiger partial charge on any atom is -0.0276 e. The molecule has 0 heteroatoms. The molecule has 0 saturated heterocycles. The van der Waals surface area contributed by atoms with E-state index in [2.05, 4.69) is 254 Å². The van der Waals surface area contributed by atoms with Crippen molar-refractivity contribution in [3.05, 3.63) is 251 Å². The van der Waals surface area contributed by atoms with Crippen LogP contribution in [0.2, 0.25) is 0 Å². The summed E-state index contributed by atoms with van der Waals surface area (Å²) in [5.74, 6) is 4.86. The lowest BCUT2D eigenvalue weighted by molar-refractivity contribution is 0.148. The van der Waals surface area contributed by atoms with Crippen LogP contribution in [-0.4, -0.2) is 0 Å². The molecule has 0 saturated carbocycles. The number of rotatable bonds is 37. The van der Waals surface area contributed by atoms with Crippen LogP contribution >= 0.6 is 0 Å². The Kier molecular flexibility index (Phi) is 27.2. The minimum absolute atomic E-state index is 0.285. The summed E-state index contributed by atoms with van der Waals surface area (Å²) in [5, 5.41) is 0. The highest BCUT2D eigenvalue weighted by molar-refractivity contribution is 5.20. The summed E-state index contributed by atoms with van der Waals surface area (Å²) in [7, 11) is 0. The summed E-state index contributed by atoms with van der Waals surface area (Å²) in [5.41, 5.74) is 11.2. The first-order valence-corrected chi connectivity index (χ1v) is 32.7. The minimum atomic E-state index is 0.285. The van der Waals surface area contributed by atoms with Gasteiger partial charge in [0.15, 0.2) is 0 Å². The van der Waals surface area contributed by atoms with Crippen molar-refractivity contribution in [3.63, 3.8) is 0 Å². The van der Waals surface area contributed by atoms with Gasteiger partial charge in [-0.25, -0.2) is 0 Å². The summed E-state index contributed by atoms with van der Waals surface area (Å²) < 4.78 is 0. The first kappa shape index (κ1) is 63.1. The van der Waals surface area contributed by atoms with E-state index < -0.39 is 0 Å². The van der Waals surface area contributed by atoms with E-state index in [0.29, 0.717) is 35.0 Å². The van der Waals surface area contributed by atoms with Gasteiger partial charge in [-0.1, -0.05) is 292 Å². The average Bonchev–Trinajstić information content (AvgIpc) is 3.52. The second kappa shape index (κ2) is 34.9. The predicted molar refractivity (Wildman–Crippen MR) is 353 cm³/mol. The Bertz CT molecular complexity index is 2630. The highest BCUT2D eigenvalue weighted by Gasteiger charge is 2.32. The Hall–Kier alpha value is -5.46. The molecule has 7 rings (SSSR count). The normalized spacial score (nSPS) is 14.6. The zero-order chi connectivity index (χ0) is 56.8. The van der Waals surface area contributed by atoms with Crippen LogP contribution in [0.25, 0.3) is 0 Å². The zero-order valence-corrected chi connectivity index (χ0v) is 51.7. The number of hydrogen-bond acceptors (Lipinski definition) is 0. The fourth-order valence-corrected chi connectivity index (χ4v) is 14.0. The quantitative estimate of drug-likeness (QED) is 0.0364. The van der Waals surface area contributed by atoms with Crippen LogP contribution in [-0.2, 0) is 44.9 Å². The van der Waals surface area contributed by atoms with Gasteiger partial charge in [0.25, 0.3) is 0 Å². The molecule has 0 aromatic heterocycles. The standard InChI is InChI=1S/C81H108/c1-80(2,3)64-63-74(49-46-67-31-16-8-17-32-67)50-48-73(47-45-66-29-14-7-15-30-66)54-60-77(59-53-70-37-22-11-23-38-70)79(62-56-72-41-26-13-27-42-72)76(58-52-69-35-20-10-21-36-69)44-28-43-75(57-51-68-33-18-9-19-34-68)78(65-81(4,5)6)61-55-71-39-24-12-25-40-71/h7-27,29-42,73-79H,28,43-65H2,1-6H3. The van der Waals surface area contributed by atoms with Crippen LogP contribution in [0, 0.1) is 52.3 Å². The van der Waals surface area contributed by atoms with E-state index in [-0.39, 0.29) is 5.41 Å². The number of benzene rings is 7. The zero-order valence-electron chi connectivity index (χ0n) is 51.7. The van der Waals surface area contributed by atoms with Gasteiger partial charge in [-0.05, 0) is 207 Å². The monoisotopic (exact) mass is 1080 g/mol. The van der Waals surface area contributed by atoms with Crippen molar-refractivity contribution >= 4 is 0 Å². The molecule has 0 nitrogen and oxygen atoms in total. The van der Waals surface area contributed by atoms with Crippen molar-refractivity contribution < 1.29 is 0 Å². The number of aryl methyl sites for hydroxylation is 7. The van der Waals surface area contributed by atoms with E-state index in [1.165, 1.54) is 187 Å². The third-order valence-electron chi connectivity index (χ3n) is 18.7. The Labute approximate surface area is 496 Å². The van der Waals surface area contributed by atoms with Crippen LogP contribution in [0.1, 0.15) is 190 Å². The lowest BCUT2D eigenvalue weighted by Gasteiger charge is -2.37. The van der Waals surface area contributed by atoms with Gasteiger partial charge < -0.3 is 0 Å². The lowest BCUT2D eigenvalue weighted by atomic mass is 9.68. The second-order valence-corrected chi connectivity index (χ2v) is 27.6. The van der Waals surface area contributed by atoms with Gasteiger partial charge in [-0.3, -0.25) is 0 Å². The van der Waals surface area contributed by atoms with Gasteiger partial charge in [0.2, 0.25) is 0 Å². The van der Waals surface area contributed by atoms with E-state index in [4.69, 9.17) is 0 Å². The van der Waals surface area contributed by atoms with Crippen molar-refractivity contribution in [3.8, 4) is 0 Å². The van der Waals surface area contributed by atoms with Crippen LogP contribution in [0.5, 0.6) is 0 Å². The molecule has 0 radical (unpaired) electrons. The number of hydrogen-bond donors (Lipinski definition) is 0. The smallest absolute Gasteiger partial charge is 0.0276 e. The average molecular weight is 1080 g/mol. The summed E-state index contributed by atoms with van der Waals surface area (Å²) in [6.07, 6.45) is 30.4. The molecule has 81 heavy (non-hydrogen) atoms. The molecule has 7 atom stereocenters. The molecule has 0 N–H and O–H groups in total. The van der Waals surface area contributed by atoms with Crippen LogP contribution < -0.4 is 0 Å². The minimum Gasteiger partial charge on any atom is -0.0622 e. The van der Waals surface area contributed by atoms with E-state index in [0.717, 1.165) is 18.3 Å². The van der Waals surface area contributed by atoms with Gasteiger partial charge in [-0.15, -0.1) is 0 Å². The molecule has 432 valence electrons. The Balaban J connectivity index is 1.20. The molecule has 0 amide bonds. The van der Waals surface area contributed by atoms with Crippen molar-refractivity contribution in [1.29, 1.82) is 0 Å². The van der Waals surface area contributed by atoms with Gasteiger partial charge in [-0.2, -0.15) is 0 Å². The first-order chi connectivity index (χ1) is 39.4. The highest BCUT2D eigenvalue weighted by atomic mass is 14.4. The fourth-order valence-electron chi connectivity index (χ4n) is 14.0. The summed E-state index contributed by atoms with van der Waals surface area (Å²) in [6.45, 7) is 14.8. The van der Waals surface area contributed by atoms with E-state index in [1.807, 2.05) is 0 Å². The van der Waals surface area contributed by atoms with Gasteiger partial charge in [0.05, 0.1) is 0 Å². The topological polar surface area (TPSA) is 0 Å². The largest absolute Gasteiger partial charge is 0.0622 e. The molecule has 7 aromatic carbocycles. The molecule has 0 fully saturated rings. The molecule has 7 unspecified atom stereocenters. The molecule has 0 aliphatic heterocycles. The summed E-state index contributed by atoms with van der Waals surface area (Å²) in [4.78, 5) is 0. The Morgan fingerprint density at radius 3 is 0.852 bits per heavy atom. The maximum atomic E-state index is 2.49. The molecule has 0 bridgehead atoms. The van der Waals surface area contributed by atoms with E-state index in [1.54, 1.807) is 0 Å². The predicted octanol–water partition coefficient (Wildman–Crippen LogP) is 22.7. The van der Waals surface area contributed by atoms with Crippen molar-refractivity contribution in [2.75, 3.05) is 0 Å². The maximum absolute atomic E-state index is 2.49. The molecule has 7 aromatic rings. The van der Waals surface area contributed by atoms with Crippen molar-refractivity contribution in [2.45, 2.75) is 196 Å². The highest BCUT2D eigenvalue weighted by Crippen LogP contribution is 2.42. The lowest BCUT2D eigenvalue weighted by Crippen LogP contribution is -2.27. The van der Waals surface area contributed by atoms with E-state index >= 15 is 0 Å². The van der Waals surface area contributed by atoms with Crippen molar-refractivity contribution in [2.24, 2.45) is 52.3 Å². The van der Waals surface area contributed by atoms with Gasteiger partial charge >= 0.3 is 0 Å². The Morgan fingerprint density at radius 1 is 0.235 bits per heavy atom. The first-order valence-electron chi connectivity index (χ1n) is 32.7. The van der Waals surface area contributed by atoms with Crippen LogP contribution in [0.4, 0.5) is 0 Å². The molecule has 0 spiro atoms. The van der Waals surface area contributed by atoms with E-state index in [9.17, 15) is 0 Å². The Morgan fingerprint density at radius 2 is 0.506 bits per heavy atom. The fraction of sp³-hybridized carbons (Fsp3) is 0.481. The molecule has 0 heterocycles. The van der Waals surface area contributed by atoms with Gasteiger partial charge in [0.1, 0.15) is 0 Å². The van der Waals surface area contributed by atoms with Crippen molar-refractivity contribution in [1.82, 2.24) is 0 Å². The van der Waals surface area contributed by atoms with Crippen LogP contribution in [0.15, 0.2) is 212 Å². The third-order valence-corrected chi connectivity index (χ3v) is 18.7. The molecular weight excluding hydrogens is 973 g/mol. The summed E-state index contributed by atoms with van der Waals surface area (Å²) in [6, 6.07) is 80.2.